The van der Waals surface area contributed by atoms with Gasteiger partial charge in [-0.1, -0.05) is 54.6 Å². The first-order chi connectivity index (χ1) is 20.3. The Morgan fingerprint density at radius 1 is 0.561 bits per heavy atom. The van der Waals surface area contributed by atoms with Gasteiger partial charge < -0.3 is 13.9 Å². The molecule has 0 aliphatic rings. The zero-order valence-corrected chi connectivity index (χ0v) is 21.9. The third kappa shape index (κ3) is 3.93. The number of oxazole rings is 1. The Bertz CT molecular complexity index is 2080. The number of rotatable bonds is 5. The predicted octanol–water partition coefficient (Wildman–Crippen LogP) is 8.85. The van der Waals surface area contributed by atoms with E-state index in [1.807, 2.05) is 24.3 Å². The summed E-state index contributed by atoms with van der Waals surface area (Å²) in [4.78, 5) is 15.2. The van der Waals surface area contributed by atoms with Gasteiger partial charge in [0, 0.05) is 51.5 Å². The third-order valence-corrected chi connectivity index (χ3v) is 7.36. The summed E-state index contributed by atoms with van der Waals surface area (Å²) in [5.41, 5.74) is 8.48. The minimum Gasteiger partial charge on any atom is -0.416 e. The van der Waals surface area contributed by atoms with Gasteiger partial charge in [-0.2, -0.15) is 4.98 Å². The van der Waals surface area contributed by atoms with Crippen LogP contribution in [0.2, 0.25) is 0 Å². The highest BCUT2D eigenvalue weighted by Gasteiger charge is 2.17. The molecule has 6 heteroatoms. The number of fused-ring (bicyclic) bond motifs is 4. The van der Waals surface area contributed by atoms with E-state index in [4.69, 9.17) is 4.42 Å². The number of hydrogen-bond acceptors (Lipinski definition) is 5. The van der Waals surface area contributed by atoms with E-state index in [1.165, 1.54) is 10.8 Å². The fraction of sp³-hybridized carbons (Fsp3) is 0. The molecule has 0 fully saturated rings. The molecule has 6 nitrogen and oxygen atoms in total. The van der Waals surface area contributed by atoms with Crippen molar-refractivity contribution in [1.82, 2.24) is 19.5 Å². The molecule has 0 spiro atoms. The standard InChI is InChI=1S/C35H23N5O/c1-3-9-25(10-4-1)39(26-11-5-2-6-12-26)28-19-20-32-30(23-28)29-13-7-8-14-31(29)40(32)27-17-15-24(16-18-27)34-38-33-35(41-34)37-22-21-36-33/h1-23H. The van der Waals surface area contributed by atoms with Crippen molar-refractivity contribution in [3.63, 3.8) is 0 Å². The van der Waals surface area contributed by atoms with Gasteiger partial charge in [0.25, 0.3) is 5.71 Å². The van der Waals surface area contributed by atoms with Crippen LogP contribution in [0.25, 0.3) is 50.3 Å². The summed E-state index contributed by atoms with van der Waals surface area (Å²) in [5, 5.41) is 2.39. The van der Waals surface area contributed by atoms with Crippen molar-refractivity contribution in [2.24, 2.45) is 0 Å². The predicted molar refractivity (Wildman–Crippen MR) is 164 cm³/mol. The second-order valence-electron chi connectivity index (χ2n) is 9.81. The van der Waals surface area contributed by atoms with Gasteiger partial charge in [0.2, 0.25) is 11.5 Å². The van der Waals surface area contributed by atoms with E-state index < -0.39 is 0 Å². The van der Waals surface area contributed by atoms with Crippen LogP contribution in [-0.4, -0.2) is 19.5 Å². The van der Waals surface area contributed by atoms with Crippen LogP contribution in [0.3, 0.4) is 0 Å². The molecule has 5 aromatic carbocycles. The summed E-state index contributed by atoms with van der Waals surface area (Å²) in [6, 6.07) is 44.5. The van der Waals surface area contributed by atoms with Gasteiger partial charge in [0.15, 0.2) is 0 Å². The monoisotopic (exact) mass is 529 g/mol. The van der Waals surface area contributed by atoms with Crippen LogP contribution in [0.5, 0.6) is 0 Å². The number of anilines is 3. The van der Waals surface area contributed by atoms with E-state index in [9.17, 15) is 0 Å². The number of hydrogen-bond donors (Lipinski definition) is 0. The molecule has 0 atom stereocenters. The van der Waals surface area contributed by atoms with E-state index in [2.05, 4.69) is 128 Å². The maximum absolute atomic E-state index is 5.84. The summed E-state index contributed by atoms with van der Waals surface area (Å²) in [6.07, 6.45) is 3.22. The largest absolute Gasteiger partial charge is 0.416 e. The highest BCUT2D eigenvalue weighted by molar-refractivity contribution is 6.10. The Morgan fingerprint density at radius 2 is 1.22 bits per heavy atom. The minimum atomic E-state index is 0.435. The van der Waals surface area contributed by atoms with Crippen LogP contribution in [-0.2, 0) is 0 Å². The lowest BCUT2D eigenvalue weighted by Crippen LogP contribution is -2.09. The smallest absolute Gasteiger partial charge is 0.266 e. The topological polar surface area (TPSA) is 60.0 Å². The molecule has 0 amide bonds. The Morgan fingerprint density at radius 3 is 1.95 bits per heavy atom. The Hall–Kier alpha value is -5.75. The molecule has 8 rings (SSSR count). The van der Waals surface area contributed by atoms with Crippen LogP contribution in [0, 0.1) is 0 Å². The molecule has 0 radical (unpaired) electrons. The van der Waals surface area contributed by atoms with Crippen molar-refractivity contribution in [2.75, 3.05) is 4.90 Å². The summed E-state index contributed by atoms with van der Waals surface area (Å²) in [6.45, 7) is 0. The van der Waals surface area contributed by atoms with Crippen LogP contribution >= 0.6 is 0 Å². The van der Waals surface area contributed by atoms with E-state index in [0.29, 0.717) is 17.3 Å². The number of nitrogens with zero attached hydrogens (tertiary/aromatic N) is 5. The molecule has 194 valence electrons. The molecular weight excluding hydrogens is 506 g/mol. The van der Waals surface area contributed by atoms with Gasteiger partial charge in [0.1, 0.15) is 0 Å². The van der Waals surface area contributed by atoms with Crippen LogP contribution in [0.15, 0.2) is 144 Å². The molecule has 0 N–H and O–H groups in total. The molecular formula is C35H23N5O. The van der Waals surface area contributed by atoms with Crippen LogP contribution in [0.1, 0.15) is 0 Å². The first-order valence-corrected chi connectivity index (χ1v) is 13.5. The molecule has 0 unspecified atom stereocenters. The molecule has 0 aliphatic heterocycles. The van der Waals surface area contributed by atoms with Gasteiger partial charge in [-0.15, -0.1) is 0 Å². The molecule has 3 heterocycles. The van der Waals surface area contributed by atoms with Gasteiger partial charge in [-0.3, -0.25) is 0 Å². The van der Waals surface area contributed by atoms with Crippen molar-refractivity contribution in [1.29, 1.82) is 0 Å². The van der Waals surface area contributed by atoms with Gasteiger partial charge in [-0.05, 0) is 72.8 Å². The van der Waals surface area contributed by atoms with Crippen LogP contribution in [0.4, 0.5) is 17.1 Å². The average Bonchev–Trinajstić information content (AvgIpc) is 3.62. The normalized spacial score (nSPS) is 11.4. The first kappa shape index (κ1) is 23.2. The first-order valence-electron chi connectivity index (χ1n) is 13.5. The summed E-state index contributed by atoms with van der Waals surface area (Å²) >= 11 is 0. The van der Waals surface area contributed by atoms with E-state index in [1.54, 1.807) is 12.4 Å². The molecule has 8 aromatic rings. The highest BCUT2D eigenvalue weighted by atomic mass is 16.4. The lowest BCUT2D eigenvalue weighted by Gasteiger charge is -2.25. The molecule has 0 saturated carbocycles. The van der Waals surface area contributed by atoms with Gasteiger partial charge >= 0.3 is 0 Å². The fourth-order valence-electron chi connectivity index (χ4n) is 5.53. The molecule has 3 aromatic heterocycles. The van der Waals surface area contributed by atoms with Crippen molar-refractivity contribution >= 4 is 50.2 Å². The van der Waals surface area contributed by atoms with Crippen molar-refractivity contribution in [3.8, 4) is 17.1 Å². The fourth-order valence-corrected chi connectivity index (χ4v) is 5.53. The lowest BCUT2D eigenvalue weighted by molar-refractivity contribution is 0.607. The second kappa shape index (κ2) is 9.47. The minimum absolute atomic E-state index is 0.435. The number of aromatic nitrogens is 4. The molecule has 0 saturated heterocycles. The van der Waals surface area contributed by atoms with Crippen molar-refractivity contribution < 1.29 is 4.42 Å². The second-order valence-corrected chi connectivity index (χ2v) is 9.81. The Balaban J connectivity index is 1.27. The van der Waals surface area contributed by atoms with Gasteiger partial charge in [-0.25, -0.2) is 9.97 Å². The van der Waals surface area contributed by atoms with E-state index in [0.717, 1.165) is 39.3 Å². The summed E-state index contributed by atoms with van der Waals surface area (Å²) in [5.74, 6) is 0.506. The number of para-hydroxylation sites is 3. The quantitative estimate of drug-likeness (QED) is 0.223. The SMILES string of the molecule is c1ccc(N(c2ccccc2)c2ccc3c(c2)c2ccccc2n3-c2ccc(-c3nc4nccnc4o3)cc2)cc1. The maximum Gasteiger partial charge on any atom is 0.266 e. The molecule has 0 aliphatic carbocycles. The van der Waals surface area contributed by atoms with Gasteiger partial charge in [0.05, 0.1) is 11.0 Å². The molecule has 41 heavy (non-hydrogen) atoms. The van der Waals surface area contributed by atoms with Crippen molar-refractivity contribution in [3.05, 3.63) is 140 Å². The molecule has 0 bridgehead atoms. The summed E-state index contributed by atoms with van der Waals surface area (Å²) in [7, 11) is 0. The zero-order chi connectivity index (χ0) is 27.2. The van der Waals surface area contributed by atoms with Crippen molar-refractivity contribution in [2.45, 2.75) is 0 Å². The summed E-state index contributed by atoms with van der Waals surface area (Å²) < 4.78 is 8.15. The Labute approximate surface area is 235 Å². The lowest BCUT2D eigenvalue weighted by atomic mass is 10.1. The van der Waals surface area contributed by atoms with E-state index in [-0.39, 0.29) is 0 Å². The third-order valence-electron chi connectivity index (χ3n) is 7.36. The Kier molecular flexibility index (Phi) is 5.35. The van der Waals surface area contributed by atoms with Crippen LogP contribution < -0.4 is 4.90 Å². The average molecular weight is 530 g/mol. The zero-order valence-electron chi connectivity index (χ0n) is 21.9. The number of benzene rings is 5. The maximum atomic E-state index is 5.84. The highest BCUT2D eigenvalue weighted by Crippen LogP contribution is 2.39. The van der Waals surface area contributed by atoms with E-state index >= 15 is 0 Å².